The Bertz CT molecular complexity index is 598. The van der Waals surface area contributed by atoms with Gasteiger partial charge in [0, 0.05) is 18.8 Å². The van der Waals surface area contributed by atoms with Crippen LogP contribution in [-0.2, 0) is 4.79 Å². The van der Waals surface area contributed by atoms with E-state index in [1.165, 1.54) is 0 Å². The lowest BCUT2D eigenvalue weighted by molar-refractivity contribution is -0.151. The highest BCUT2D eigenvalue weighted by molar-refractivity contribution is 5.75. The zero-order valence-corrected chi connectivity index (χ0v) is 10.2. The molecule has 1 aliphatic rings. The van der Waals surface area contributed by atoms with E-state index >= 15 is 0 Å². The summed E-state index contributed by atoms with van der Waals surface area (Å²) in [4.78, 5) is 22.4. The molecule has 8 heteroatoms. The van der Waals surface area contributed by atoms with Crippen LogP contribution in [0.3, 0.4) is 0 Å². The third-order valence-corrected chi connectivity index (χ3v) is 3.20. The molecule has 3 heterocycles. The molecule has 0 saturated carbocycles. The predicted octanol–water partition coefficient (Wildman–Crippen LogP) is -1.28. The lowest BCUT2D eigenvalue weighted by Crippen LogP contribution is -2.50. The number of nitrogens with one attached hydrogen (secondary N) is 1. The summed E-state index contributed by atoms with van der Waals surface area (Å²) >= 11 is 0. The molecule has 1 saturated heterocycles. The van der Waals surface area contributed by atoms with E-state index in [2.05, 4.69) is 20.6 Å². The van der Waals surface area contributed by atoms with E-state index in [9.17, 15) is 4.79 Å². The van der Waals surface area contributed by atoms with E-state index in [1.54, 1.807) is 18.3 Å². The molecule has 2 aromatic rings. The minimum Gasteiger partial charge on any atom is -0.327 e. The van der Waals surface area contributed by atoms with Crippen molar-refractivity contribution >= 4 is 17.1 Å². The van der Waals surface area contributed by atoms with Gasteiger partial charge in [-0.1, -0.05) is 0 Å². The molecule has 19 heavy (non-hydrogen) atoms. The van der Waals surface area contributed by atoms with Crippen LogP contribution in [0.2, 0.25) is 0 Å². The summed E-state index contributed by atoms with van der Waals surface area (Å²) in [5.41, 5.74) is 6.90. The first kappa shape index (κ1) is 12.0. The van der Waals surface area contributed by atoms with Gasteiger partial charge in [0.1, 0.15) is 5.52 Å². The fourth-order valence-electron chi connectivity index (χ4n) is 2.10. The molecule has 2 aromatic heterocycles. The van der Waals surface area contributed by atoms with E-state index in [-0.39, 0.29) is 12.0 Å². The number of nitrogens with two attached hydrogens (primary N) is 1. The van der Waals surface area contributed by atoms with Gasteiger partial charge >= 0.3 is 5.97 Å². The second kappa shape index (κ2) is 4.90. The number of fused-ring (bicyclic) bond motifs is 1. The van der Waals surface area contributed by atoms with E-state index in [4.69, 9.17) is 10.6 Å². The van der Waals surface area contributed by atoms with Crippen molar-refractivity contribution in [1.29, 1.82) is 0 Å². The maximum absolute atomic E-state index is 12.1. The highest BCUT2D eigenvalue weighted by Crippen LogP contribution is 2.11. The smallest absolute Gasteiger partial charge is 0.327 e. The van der Waals surface area contributed by atoms with Crippen LogP contribution in [0.25, 0.3) is 11.2 Å². The number of rotatable bonds is 2. The van der Waals surface area contributed by atoms with Crippen LogP contribution in [0, 0.1) is 5.92 Å². The summed E-state index contributed by atoms with van der Waals surface area (Å²) in [5.74, 6) is -0.797. The quantitative estimate of drug-likeness (QED) is 0.649. The summed E-state index contributed by atoms with van der Waals surface area (Å²) in [7, 11) is 0. The van der Waals surface area contributed by atoms with Crippen molar-refractivity contribution in [1.82, 2.24) is 25.5 Å². The average Bonchev–Trinajstić information content (AvgIpc) is 2.83. The Hall–Kier alpha value is -2.06. The van der Waals surface area contributed by atoms with Gasteiger partial charge in [-0.15, -0.1) is 5.10 Å². The molecule has 0 bridgehead atoms. The number of aromatic nitrogens is 4. The first-order chi connectivity index (χ1) is 9.25. The Morgan fingerprint density at radius 3 is 3.32 bits per heavy atom. The van der Waals surface area contributed by atoms with Gasteiger partial charge in [-0.2, -0.15) is 0 Å². The van der Waals surface area contributed by atoms with Crippen molar-refractivity contribution in [2.45, 2.75) is 12.5 Å². The maximum Gasteiger partial charge on any atom is 0.341 e. The van der Waals surface area contributed by atoms with Gasteiger partial charge in [0.2, 0.25) is 5.65 Å². The van der Waals surface area contributed by atoms with Crippen molar-refractivity contribution in [2.75, 3.05) is 13.1 Å². The van der Waals surface area contributed by atoms with Crippen LogP contribution in [0.15, 0.2) is 18.3 Å². The van der Waals surface area contributed by atoms with Crippen LogP contribution in [0.1, 0.15) is 6.42 Å². The van der Waals surface area contributed by atoms with Crippen molar-refractivity contribution in [2.24, 2.45) is 11.7 Å². The first-order valence-corrected chi connectivity index (χ1v) is 6.10. The monoisotopic (exact) mass is 262 g/mol. The van der Waals surface area contributed by atoms with Crippen LogP contribution in [-0.4, -0.2) is 45.2 Å². The molecule has 100 valence electrons. The molecule has 3 rings (SSSR count). The van der Waals surface area contributed by atoms with Crippen LogP contribution >= 0.6 is 0 Å². The van der Waals surface area contributed by atoms with Crippen molar-refractivity contribution in [3.8, 4) is 0 Å². The molecular weight excluding hydrogens is 248 g/mol. The Balaban J connectivity index is 1.79. The number of nitrogens with zero attached hydrogens (tertiary/aromatic N) is 4. The molecule has 3 N–H and O–H groups in total. The molecule has 1 fully saturated rings. The molecule has 0 aliphatic carbocycles. The minimum atomic E-state index is -0.419. The molecule has 0 radical (unpaired) electrons. The minimum absolute atomic E-state index is 0.198. The number of pyridine rings is 1. The lowest BCUT2D eigenvalue weighted by Gasteiger charge is -2.26. The zero-order chi connectivity index (χ0) is 13.2. The molecule has 1 aliphatic heterocycles. The molecule has 0 aromatic carbocycles. The summed E-state index contributed by atoms with van der Waals surface area (Å²) in [5, 5.41) is 10.7. The predicted molar refractivity (Wildman–Crippen MR) is 65.9 cm³/mol. The van der Waals surface area contributed by atoms with E-state index in [1.807, 2.05) is 0 Å². The molecular formula is C11H14N6O2. The number of carbonyl (C=O) groups is 1. The zero-order valence-electron chi connectivity index (χ0n) is 10.2. The van der Waals surface area contributed by atoms with Gasteiger partial charge in [0.15, 0.2) is 0 Å². The number of carbonyl (C=O) groups excluding carboxylic acids is 1. The number of piperidine rings is 1. The maximum atomic E-state index is 12.1. The van der Waals surface area contributed by atoms with E-state index in [0.717, 1.165) is 17.8 Å². The SMILES string of the molecule is N[C@H]1CCNC[C@@H]1C(=O)On1nnc2cccnc21. The van der Waals surface area contributed by atoms with Crippen LogP contribution < -0.4 is 15.9 Å². The van der Waals surface area contributed by atoms with Gasteiger partial charge in [-0.25, -0.2) is 9.78 Å². The summed E-state index contributed by atoms with van der Waals surface area (Å²) in [6.07, 6.45) is 2.33. The molecule has 0 spiro atoms. The molecule has 8 nitrogen and oxygen atoms in total. The fourth-order valence-corrected chi connectivity index (χ4v) is 2.10. The number of hydrogen-bond donors (Lipinski definition) is 2. The molecule has 0 amide bonds. The van der Waals surface area contributed by atoms with Gasteiger partial charge < -0.3 is 15.9 Å². The summed E-state index contributed by atoms with van der Waals surface area (Å²) in [6.45, 7) is 1.33. The largest absolute Gasteiger partial charge is 0.341 e. The average molecular weight is 262 g/mol. The van der Waals surface area contributed by atoms with E-state index in [0.29, 0.717) is 17.7 Å². The highest BCUT2D eigenvalue weighted by atomic mass is 16.7. The summed E-state index contributed by atoms with van der Waals surface area (Å²) < 4.78 is 0. The third-order valence-electron chi connectivity index (χ3n) is 3.20. The molecule has 2 atom stereocenters. The van der Waals surface area contributed by atoms with Crippen molar-refractivity contribution in [3.05, 3.63) is 18.3 Å². The normalized spacial score (nSPS) is 23.4. The Morgan fingerprint density at radius 2 is 2.47 bits per heavy atom. The molecule has 0 unspecified atom stereocenters. The van der Waals surface area contributed by atoms with Gasteiger partial charge in [0.05, 0.1) is 5.92 Å². The van der Waals surface area contributed by atoms with Crippen LogP contribution in [0.5, 0.6) is 0 Å². The fraction of sp³-hybridized carbons (Fsp3) is 0.455. The van der Waals surface area contributed by atoms with Gasteiger partial charge in [0.25, 0.3) is 0 Å². The second-order valence-corrected chi connectivity index (χ2v) is 4.48. The standard InChI is InChI=1S/C11H14N6O2/c12-8-3-5-13-6-7(8)11(18)19-17-10-9(15-16-17)2-1-4-14-10/h1-2,4,7-8,13H,3,5-6,12H2/t7-,8-/m0/s1. The van der Waals surface area contributed by atoms with Gasteiger partial charge in [-0.05, 0) is 35.2 Å². The topological polar surface area (TPSA) is 108 Å². The lowest BCUT2D eigenvalue weighted by atomic mass is 9.94. The van der Waals surface area contributed by atoms with Gasteiger partial charge in [-0.3, -0.25) is 0 Å². The van der Waals surface area contributed by atoms with Crippen molar-refractivity contribution in [3.63, 3.8) is 0 Å². The van der Waals surface area contributed by atoms with Crippen LogP contribution in [0.4, 0.5) is 0 Å². The van der Waals surface area contributed by atoms with Crippen molar-refractivity contribution < 1.29 is 9.63 Å². The third kappa shape index (κ3) is 2.27. The summed E-state index contributed by atoms with van der Waals surface area (Å²) in [6, 6.07) is 3.29. The Kier molecular flexibility index (Phi) is 3.10. The number of hydrogen-bond acceptors (Lipinski definition) is 7. The second-order valence-electron chi connectivity index (χ2n) is 4.48. The first-order valence-electron chi connectivity index (χ1n) is 6.10. The Labute approximate surface area is 108 Å². The highest BCUT2D eigenvalue weighted by Gasteiger charge is 2.30. The van der Waals surface area contributed by atoms with E-state index < -0.39 is 5.97 Å². The Morgan fingerprint density at radius 1 is 1.58 bits per heavy atom.